The number of benzene rings is 2. The first-order chi connectivity index (χ1) is 15.5. The molecule has 1 amide bonds. The minimum Gasteiger partial charge on any atom is -0.492 e. The molecule has 1 saturated carbocycles. The molecule has 3 rings (SSSR count). The van der Waals surface area contributed by atoms with Gasteiger partial charge in [-0.3, -0.25) is 9.52 Å². The van der Waals surface area contributed by atoms with E-state index in [1.165, 1.54) is 30.3 Å². The first-order valence-corrected chi connectivity index (χ1v) is 11.6. The fourth-order valence-corrected chi connectivity index (χ4v) is 4.66. The highest BCUT2D eigenvalue weighted by Crippen LogP contribution is 2.32. The quantitative estimate of drug-likeness (QED) is 0.520. The zero-order valence-electron chi connectivity index (χ0n) is 17.6. The second kappa shape index (κ2) is 9.87. The maximum absolute atomic E-state index is 12.9. The summed E-state index contributed by atoms with van der Waals surface area (Å²) in [4.78, 5) is 12.1. The van der Waals surface area contributed by atoms with Crippen LogP contribution in [0.1, 0.15) is 26.2 Å². The average Bonchev–Trinajstić information content (AvgIpc) is 3.13. The van der Waals surface area contributed by atoms with E-state index in [1.807, 2.05) is 0 Å². The normalized spacial score (nSPS) is 18.6. The molecule has 1 fully saturated rings. The molecular formula is C21H23F3N2O6S. The minimum absolute atomic E-state index is 0.0445. The molecule has 0 radical (unpaired) electrons. The van der Waals surface area contributed by atoms with Crippen molar-refractivity contribution < 1.29 is 41.0 Å². The van der Waals surface area contributed by atoms with E-state index in [0.29, 0.717) is 24.9 Å². The molecule has 2 atom stereocenters. The van der Waals surface area contributed by atoms with Crippen LogP contribution < -0.4 is 19.5 Å². The zero-order chi connectivity index (χ0) is 24.2. The first kappa shape index (κ1) is 24.6. The Hall–Kier alpha value is -2.99. The summed E-state index contributed by atoms with van der Waals surface area (Å²) in [6.07, 6.45) is -3.98. The predicted octanol–water partition coefficient (Wildman–Crippen LogP) is 3.88. The molecule has 0 spiro atoms. The van der Waals surface area contributed by atoms with Crippen molar-refractivity contribution in [2.45, 2.75) is 43.5 Å². The van der Waals surface area contributed by atoms with Gasteiger partial charge in [0, 0.05) is 23.7 Å². The third-order valence-electron chi connectivity index (χ3n) is 4.90. The fraction of sp³-hybridized carbons (Fsp3) is 0.381. The Balaban J connectivity index is 1.81. The molecule has 0 heterocycles. The van der Waals surface area contributed by atoms with E-state index in [4.69, 9.17) is 4.74 Å². The van der Waals surface area contributed by atoms with Crippen LogP contribution in [-0.2, 0) is 14.8 Å². The van der Waals surface area contributed by atoms with E-state index in [-0.39, 0.29) is 34.8 Å². The van der Waals surface area contributed by atoms with Gasteiger partial charge in [0.1, 0.15) is 16.4 Å². The van der Waals surface area contributed by atoms with Gasteiger partial charge in [-0.25, -0.2) is 8.42 Å². The highest BCUT2D eigenvalue weighted by molar-refractivity contribution is 7.92. The molecule has 2 unspecified atom stereocenters. The van der Waals surface area contributed by atoms with Gasteiger partial charge in [0.15, 0.2) is 0 Å². The molecule has 2 aromatic rings. The number of carbonyl (C=O) groups is 1. The van der Waals surface area contributed by atoms with Crippen molar-refractivity contribution in [3.8, 4) is 11.5 Å². The Kier molecular flexibility index (Phi) is 7.38. The van der Waals surface area contributed by atoms with Gasteiger partial charge in [0.2, 0.25) is 5.91 Å². The molecule has 1 aliphatic rings. The lowest BCUT2D eigenvalue weighted by molar-refractivity contribution is -0.274. The van der Waals surface area contributed by atoms with Gasteiger partial charge in [-0.1, -0.05) is 6.07 Å². The Labute approximate surface area is 188 Å². The number of aliphatic hydroxyl groups is 1. The highest BCUT2D eigenvalue weighted by atomic mass is 32.2. The number of sulfonamides is 1. The summed E-state index contributed by atoms with van der Waals surface area (Å²) in [6.45, 7) is 1.77. The predicted molar refractivity (Wildman–Crippen MR) is 114 cm³/mol. The van der Waals surface area contributed by atoms with Gasteiger partial charge in [-0.2, -0.15) is 0 Å². The maximum Gasteiger partial charge on any atom is 0.573 e. The van der Waals surface area contributed by atoms with Crippen molar-refractivity contribution >= 4 is 27.3 Å². The van der Waals surface area contributed by atoms with Crippen molar-refractivity contribution in [1.82, 2.24) is 0 Å². The number of ether oxygens (including phenoxy) is 2. The minimum atomic E-state index is -4.92. The van der Waals surface area contributed by atoms with E-state index < -0.39 is 28.2 Å². The van der Waals surface area contributed by atoms with E-state index in [9.17, 15) is 31.5 Å². The van der Waals surface area contributed by atoms with Crippen molar-refractivity contribution in [3.05, 3.63) is 42.5 Å². The second-order valence-corrected chi connectivity index (χ2v) is 9.08. The molecule has 180 valence electrons. The Morgan fingerprint density at radius 1 is 1.15 bits per heavy atom. The van der Waals surface area contributed by atoms with Gasteiger partial charge in [-0.05, 0) is 50.5 Å². The van der Waals surface area contributed by atoms with E-state index in [0.717, 1.165) is 12.1 Å². The number of alkyl halides is 3. The van der Waals surface area contributed by atoms with Crippen LogP contribution in [-0.4, -0.2) is 38.5 Å². The van der Waals surface area contributed by atoms with Crippen molar-refractivity contribution in [3.63, 3.8) is 0 Å². The van der Waals surface area contributed by atoms with Crippen LogP contribution >= 0.6 is 0 Å². The lowest BCUT2D eigenvalue weighted by atomic mass is 10.1. The summed E-state index contributed by atoms with van der Waals surface area (Å²) in [5.41, 5.74) is 0.167. The van der Waals surface area contributed by atoms with Crippen LogP contribution in [0.5, 0.6) is 11.5 Å². The van der Waals surface area contributed by atoms with E-state index >= 15 is 0 Å². The molecule has 2 aromatic carbocycles. The summed E-state index contributed by atoms with van der Waals surface area (Å²) >= 11 is 0. The molecule has 33 heavy (non-hydrogen) atoms. The first-order valence-electron chi connectivity index (χ1n) is 10.1. The lowest BCUT2D eigenvalue weighted by Gasteiger charge is -2.16. The molecule has 0 aromatic heterocycles. The maximum atomic E-state index is 12.9. The molecule has 3 N–H and O–H groups in total. The number of halogens is 3. The van der Waals surface area contributed by atoms with Crippen molar-refractivity contribution in [1.29, 1.82) is 0 Å². The van der Waals surface area contributed by atoms with Gasteiger partial charge in [-0.15, -0.1) is 13.2 Å². The summed E-state index contributed by atoms with van der Waals surface area (Å²) in [5.74, 6) is -1.25. The van der Waals surface area contributed by atoms with E-state index in [2.05, 4.69) is 14.8 Å². The molecule has 0 bridgehead atoms. The largest absolute Gasteiger partial charge is 0.573 e. The standard InChI is InChI=1S/C21H23F3N2O6S/c1-2-31-18-12-14(25-20(28)13-6-8-16(27)10-13)7-9-19(18)33(29,30)26-15-4-3-5-17(11-15)32-21(22,23)24/h3-5,7,9,11-13,16,26-27H,2,6,8,10H2,1H3,(H,25,28). The van der Waals surface area contributed by atoms with Crippen LogP contribution in [0.15, 0.2) is 47.4 Å². The van der Waals surface area contributed by atoms with Crippen LogP contribution in [0, 0.1) is 5.92 Å². The van der Waals surface area contributed by atoms with Crippen molar-refractivity contribution in [2.75, 3.05) is 16.6 Å². The number of aliphatic hydroxyl groups excluding tert-OH is 1. The number of anilines is 2. The smallest absolute Gasteiger partial charge is 0.492 e. The van der Waals surface area contributed by atoms with Crippen LogP contribution in [0.4, 0.5) is 24.5 Å². The third-order valence-corrected chi connectivity index (χ3v) is 6.32. The molecular weight excluding hydrogens is 465 g/mol. The number of hydrogen-bond acceptors (Lipinski definition) is 6. The number of carbonyl (C=O) groups excluding carboxylic acids is 1. The summed E-state index contributed by atoms with van der Waals surface area (Å²) in [6, 6.07) is 8.37. The SMILES string of the molecule is CCOc1cc(NC(=O)C2CCC(O)C2)ccc1S(=O)(=O)Nc1cccc(OC(F)(F)F)c1. The Bertz CT molecular complexity index is 1110. The number of hydrogen-bond donors (Lipinski definition) is 3. The van der Waals surface area contributed by atoms with Gasteiger partial charge in [0.05, 0.1) is 18.4 Å². The topological polar surface area (TPSA) is 114 Å². The van der Waals surface area contributed by atoms with Crippen LogP contribution in [0.2, 0.25) is 0 Å². The van der Waals surface area contributed by atoms with Crippen molar-refractivity contribution in [2.24, 2.45) is 5.92 Å². The van der Waals surface area contributed by atoms with Gasteiger partial charge >= 0.3 is 6.36 Å². The van der Waals surface area contributed by atoms with Crippen LogP contribution in [0.25, 0.3) is 0 Å². The molecule has 12 heteroatoms. The fourth-order valence-electron chi connectivity index (χ4n) is 3.48. The molecule has 1 aliphatic carbocycles. The van der Waals surface area contributed by atoms with Gasteiger partial charge < -0.3 is 19.9 Å². The molecule has 0 aliphatic heterocycles. The van der Waals surface area contributed by atoms with E-state index in [1.54, 1.807) is 6.92 Å². The summed E-state index contributed by atoms with van der Waals surface area (Å²) < 4.78 is 74.6. The lowest BCUT2D eigenvalue weighted by Crippen LogP contribution is -2.21. The number of rotatable bonds is 8. The zero-order valence-corrected chi connectivity index (χ0v) is 18.4. The Morgan fingerprint density at radius 3 is 2.55 bits per heavy atom. The number of nitrogens with one attached hydrogen (secondary N) is 2. The summed E-state index contributed by atoms with van der Waals surface area (Å²) in [5, 5.41) is 12.3. The number of amides is 1. The molecule has 0 saturated heterocycles. The Morgan fingerprint density at radius 2 is 1.91 bits per heavy atom. The average molecular weight is 488 g/mol. The monoisotopic (exact) mass is 488 g/mol. The highest BCUT2D eigenvalue weighted by Gasteiger charge is 2.31. The third kappa shape index (κ3) is 6.75. The second-order valence-electron chi connectivity index (χ2n) is 7.43. The van der Waals surface area contributed by atoms with Crippen LogP contribution in [0.3, 0.4) is 0 Å². The molecule has 8 nitrogen and oxygen atoms in total. The summed E-state index contributed by atoms with van der Waals surface area (Å²) in [7, 11) is -4.25. The van der Waals surface area contributed by atoms with Gasteiger partial charge in [0.25, 0.3) is 10.0 Å².